The standard InChI is InChI=1S/C25H26F2N6O/c1-17-15-32(13-11-28-17)21-8-6-20(7-9-21)30-25-29-14-18-10-12-33(23(18)31-25)16-19-4-2-3-5-22(19)34-24(26)27/h2-10,12,14,17,24,28H,11,13,15-16H2,1H3,(H,29,30,31)/t17-/m1/s1. The number of nitrogens with zero attached hydrogens (tertiary/aromatic N) is 4. The Kier molecular flexibility index (Phi) is 6.27. The average molecular weight is 465 g/mol. The van der Waals surface area contributed by atoms with Crippen molar-refractivity contribution in [2.75, 3.05) is 29.9 Å². The van der Waals surface area contributed by atoms with Crippen LogP contribution in [0, 0.1) is 0 Å². The zero-order chi connectivity index (χ0) is 23.5. The number of para-hydroxylation sites is 1. The van der Waals surface area contributed by atoms with E-state index in [1.165, 1.54) is 5.69 Å². The molecule has 2 aromatic carbocycles. The smallest absolute Gasteiger partial charge is 0.387 e. The van der Waals surface area contributed by atoms with Crippen LogP contribution in [0.15, 0.2) is 67.0 Å². The van der Waals surface area contributed by atoms with Gasteiger partial charge < -0.3 is 24.8 Å². The largest absolute Gasteiger partial charge is 0.434 e. The Hall–Kier alpha value is -3.72. The number of halogens is 2. The summed E-state index contributed by atoms with van der Waals surface area (Å²) in [5.74, 6) is 0.624. The normalized spacial score (nSPS) is 16.2. The number of ether oxygens (including phenoxy) is 1. The van der Waals surface area contributed by atoms with Gasteiger partial charge in [0.25, 0.3) is 0 Å². The SMILES string of the molecule is C[C@@H]1CN(c2ccc(Nc3ncc4ccn(Cc5ccccc5OC(F)F)c4n3)cc2)CCN1. The number of fused-ring (bicyclic) bond motifs is 1. The van der Waals surface area contributed by atoms with Crippen molar-refractivity contribution in [3.05, 3.63) is 72.6 Å². The lowest BCUT2D eigenvalue weighted by molar-refractivity contribution is -0.0504. The Balaban J connectivity index is 1.33. The van der Waals surface area contributed by atoms with Crippen LogP contribution in [0.4, 0.5) is 26.1 Å². The Morgan fingerprint density at radius 3 is 2.76 bits per heavy atom. The molecule has 3 heterocycles. The lowest BCUT2D eigenvalue weighted by atomic mass is 10.2. The van der Waals surface area contributed by atoms with E-state index in [-0.39, 0.29) is 5.75 Å². The van der Waals surface area contributed by atoms with E-state index in [9.17, 15) is 8.78 Å². The van der Waals surface area contributed by atoms with Crippen molar-refractivity contribution < 1.29 is 13.5 Å². The molecule has 0 saturated carbocycles. The molecule has 0 radical (unpaired) electrons. The highest BCUT2D eigenvalue weighted by atomic mass is 19.3. The van der Waals surface area contributed by atoms with E-state index in [4.69, 9.17) is 0 Å². The van der Waals surface area contributed by atoms with Crippen LogP contribution >= 0.6 is 0 Å². The molecule has 34 heavy (non-hydrogen) atoms. The molecule has 0 aliphatic carbocycles. The predicted octanol–water partition coefficient (Wildman–Crippen LogP) is 4.62. The van der Waals surface area contributed by atoms with E-state index in [0.717, 1.165) is 30.7 Å². The van der Waals surface area contributed by atoms with E-state index < -0.39 is 6.61 Å². The molecule has 1 atom stereocenters. The molecule has 0 unspecified atom stereocenters. The van der Waals surface area contributed by atoms with Crippen molar-refractivity contribution in [1.29, 1.82) is 0 Å². The van der Waals surface area contributed by atoms with Gasteiger partial charge in [-0.1, -0.05) is 18.2 Å². The Morgan fingerprint density at radius 1 is 1.15 bits per heavy atom. The Labute approximate surface area is 196 Å². The van der Waals surface area contributed by atoms with Gasteiger partial charge in [0.15, 0.2) is 0 Å². The van der Waals surface area contributed by atoms with Crippen LogP contribution in [-0.2, 0) is 6.54 Å². The maximum absolute atomic E-state index is 12.8. The number of hydrogen-bond donors (Lipinski definition) is 2. The lowest BCUT2D eigenvalue weighted by Gasteiger charge is -2.33. The van der Waals surface area contributed by atoms with Crippen molar-refractivity contribution in [3.8, 4) is 5.75 Å². The molecule has 1 aliphatic heterocycles. The highest BCUT2D eigenvalue weighted by molar-refractivity contribution is 5.77. The number of hydrogen-bond acceptors (Lipinski definition) is 6. The van der Waals surface area contributed by atoms with Gasteiger partial charge in [-0.2, -0.15) is 13.8 Å². The second kappa shape index (κ2) is 9.64. The molecule has 176 valence electrons. The van der Waals surface area contributed by atoms with Gasteiger partial charge in [-0.05, 0) is 43.3 Å². The fraction of sp³-hybridized carbons (Fsp3) is 0.280. The fourth-order valence-corrected chi connectivity index (χ4v) is 4.24. The summed E-state index contributed by atoms with van der Waals surface area (Å²) in [7, 11) is 0. The van der Waals surface area contributed by atoms with Crippen LogP contribution in [0.1, 0.15) is 12.5 Å². The van der Waals surface area contributed by atoms with Gasteiger partial charge in [0.1, 0.15) is 11.4 Å². The van der Waals surface area contributed by atoms with E-state index in [1.54, 1.807) is 30.5 Å². The third-order valence-electron chi connectivity index (χ3n) is 5.89. The number of aromatic nitrogens is 3. The maximum Gasteiger partial charge on any atom is 0.387 e. The lowest BCUT2D eigenvalue weighted by Crippen LogP contribution is -2.49. The molecule has 0 bridgehead atoms. The van der Waals surface area contributed by atoms with Crippen LogP contribution in [-0.4, -0.2) is 46.8 Å². The highest BCUT2D eigenvalue weighted by Gasteiger charge is 2.16. The van der Waals surface area contributed by atoms with Crippen LogP contribution in [0.3, 0.4) is 0 Å². The minimum atomic E-state index is -2.87. The first-order valence-electron chi connectivity index (χ1n) is 11.3. The minimum Gasteiger partial charge on any atom is -0.434 e. The van der Waals surface area contributed by atoms with Crippen LogP contribution in [0.5, 0.6) is 5.75 Å². The summed E-state index contributed by atoms with van der Waals surface area (Å²) in [6, 6.07) is 17.4. The van der Waals surface area contributed by atoms with Crippen molar-refractivity contribution in [3.63, 3.8) is 0 Å². The van der Waals surface area contributed by atoms with Gasteiger partial charge in [0.05, 0.1) is 6.54 Å². The Bertz CT molecular complexity index is 1260. The number of nitrogens with one attached hydrogen (secondary N) is 2. The molecule has 1 fully saturated rings. The van der Waals surface area contributed by atoms with Crippen molar-refractivity contribution in [2.24, 2.45) is 0 Å². The first-order chi connectivity index (χ1) is 16.5. The zero-order valence-electron chi connectivity index (χ0n) is 18.8. The molecule has 0 amide bonds. The fourth-order valence-electron chi connectivity index (χ4n) is 4.24. The van der Waals surface area contributed by atoms with Gasteiger partial charge in [-0.3, -0.25) is 0 Å². The van der Waals surface area contributed by atoms with Crippen molar-refractivity contribution in [2.45, 2.75) is 26.1 Å². The second-order valence-electron chi connectivity index (χ2n) is 8.38. The second-order valence-corrected chi connectivity index (χ2v) is 8.38. The Morgan fingerprint density at radius 2 is 1.97 bits per heavy atom. The average Bonchev–Trinajstić information content (AvgIpc) is 3.22. The van der Waals surface area contributed by atoms with E-state index >= 15 is 0 Å². The summed E-state index contributed by atoms with van der Waals surface area (Å²) in [5, 5.41) is 7.58. The van der Waals surface area contributed by atoms with Crippen LogP contribution in [0.2, 0.25) is 0 Å². The van der Waals surface area contributed by atoms with Gasteiger partial charge in [-0.25, -0.2) is 4.98 Å². The molecule has 4 aromatic rings. The third-order valence-corrected chi connectivity index (χ3v) is 5.89. The monoisotopic (exact) mass is 464 g/mol. The van der Waals surface area contributed by atoms with Gasteiger partial charge in [0.2, 0.25) is 5.95 Å². The summed E-state index contributed by atoms with van der Waals surface area (Å²) in [4.78, 5) is 11.5. The third kappa shape index (κ3) is 4.94. The molecule has 2 aromatic heterocycles. The maximum atomic E-state index is 12.8. The molecule has 1 aliphatic rings. The number of rotatable bonds is 7. The van der Waals surface area contributed by atoms with Gasteiger partial charge in [0, 0.05) is 60.4 Å². The molecular formula is C25H26F2N6O. The number of anilines is 3. The van der Waals surface area contributed by atoms with E-state index in [2.05, 4.69) is 49.3 Å². The number of piperazine rings is 1. The van der Waals surface area contributed by atoms with E-state index in [1.807, 2.05) is 29.0 Å². The molecule has 0 spiro atoms. The first-order valence-corrected chi connectivity index (χ1v) is 11.3. The van der Waals surface area contributed by atoms with E-state index in [0.29, 0.717) is 29.7 Å². The molecule has 2 N–H and O–H groups in total. The van der Waals surface area contributed by atoms with Crippen molar-refractivity contribution in [1.82, 2.24) is 19.9 Å². The quantitative estimate of drug-likeness (QED) is 0.416. The summed E-state index contributed by atoms with van der Waals surface area (Å²) in [5.41, 5.74) is 3.43. The summed E-state index contributed by atoms with van der Waals surface area (Å²) < 4.78 is 32.1. The van der Waals surface area contributed by atoms with Gasteiger partial charge >= 0.3 is 6.61 Å². The zero-order valence-corrected chi connectivity index (χ0v) is 18.8. The molecule has 5 rings (SSSR count). The highest BCUT2D eigenvalue weighted by Crippen LogP contribution is 2.25. The molecular weight excluding hydrogens is 438 g/mol. The molecule has 1 saturated heterocycles. The summed E-state index contributed by atoms with van der Waals surface area (Å²) in [6.45, 7) is 2.61. The van der Waals surface area contributed by atoms with Crippen LogP contribution in [0.25, 0.3) is 11.0 Å². The number of benzene rings is 2. The van der Waals surface area contributed by atoms with Gasteiger partial charge in [-0.15, -0.1) is 0 Å². The van der Waals surface area contributed by atoms with Crippen molar-refractivity contribution >= 4 is 28.4 Å². The molecule has 9 heteroatoms. The topological polar surface area (TPSA) is 67.2 Å². The minimum absolute atomic E-state index is 0.158. The predicted molar refractivity (Wildman–Crippen MR) is 129 cm³/mol. The summed E-state index contributed by atoms with van der Waals surface area (Å²) >= 11 is 0. The number of alkyl halides is 2. The molecule has 7 nitrogen and oxygen atoms in total. The first kappa shape index (κ1) is 22.1. The van der Waals surface area contributed by atoms with Crippen LogP contribution < -0.4 is 20.3 Å². The summed E-state index contributed by atoms with van der Waals surface area (Å²) in [6.07, 6.45) is 3.62.